The second kappa shape index (κ2) is 6.74. The van der Waals surface area contributed by atoms with E-state index in [4.69, 9.17) is 27.9 Å². The lowest BCUT2D eigenvalue weighted by molar-refractivity contribution is -0.116. The fourth-order valence-electron chi connectivity index (χ4n) is 3.20. The van der Waals surface area contributed by atoms with E-state index in [1.807, 2.05) is 19.2 Å². The van der Waals surface area contributed by atoms with E-state index in [0.29, 0.717) is 15.8 Å². The predicted molar refractivity (Wildman–Crippen MR) is 103 cm³/mol. The van der Waals surface area contributed by atoms with Crippen LogP contribution in [0.1, 0.15) is 19.4 Å². The van der Waals surface area contributed by atoms with Gasteiger partial charge in [0.25, 0.3) is 0 Å². The standard InChI is InChI=1S/C20H19Cl2NO2/c1-20(2)14-7-4-5-9-16(14)23(3)18(20)11-13(24)12-25-17-10-6-8-15(21)19(17)22/h4-11H,12H2,1-3H3/b18-11-. The Labute approximate surface area is 157 Å². The highest BCUT2D eigenvalue weighted by Crippen LogP contribution is 2.46. The SMILES string of the molecule is CN1/C(=C\C(=O)COc2cccc(Cl)c2Cl)C(C)(C)c2ccccc21. The smallest absolute Gasteiger partial charge is 0.194 e. The van der Waals surface area contributed by atoms with E-state index in [1.54, 1.807) is 24.3 Å². The summed E-state index contributed by atoms with van der Waals surface area (Å²) in [5.74, 6) is 0.280. The van der Waals surface area contributed by atoms with Crippen molar-refractivity contribution in [3.05, 3.63) is 69.8 Å². The van der Waals surface area contributed by atoms with E-state index in [2.05, 4.69) is 30.9 Å². The van der Waals surface area contributed by atoms with E-state index in [9.17, 15) is 4.79 Å². The Morgan fingerprint density at radius 2 is 1.88 bits per heavy atom. The lowest BCUT2D eigenvalue weighted by Crippen LogP contribution is -2.25. The molecule has 0 aromatic heterocycles. The van der Waals surface area contributed by atoms with Gasteiger partial charge in [-0.2, -0.15) is 0 Å². The summed E-state index contributed by atoms with van der Waals surface area (Å²) >= 11 is 12.0. The van der Waals surface area contributed by atoms with Gasteiger partial charge in [-0.05, 0) is 23.8 Å². The number of allylic oxidation sites excluding steroid dienone is 1. The first kappa shape index (κ1) is 17.8. The molecule has 0 saturated carbocycles. The van der Waals surface area contributed by atoms with E-state index in [0.717, 1.165) is 11.4 Å². The molecule has 1 aliphatic rings. The van der Waals surface area contributed by atoms with Crippen molar-refractivity contribution in [1.29, 1.82) is 0 Å². The largest absolute Gasteiger partial charge is 0.484 e. The Kier molecular flexibility index (Phi) is 4.81. The number of ketones is 1. The zero-order chi connectivity index (χ0) is 18.2. The first-order valence-electron chi connectivity index (χ1n) is 7.97. The molecule has 0 spiro atoms. The third kappa shape index (κ3) is 3.26. The molecule has 130 valence electrons. The zero-order valence-corrected chi connectivity index (χ0v) is 15.9. The minimum atomic E-state index is -0.241. The second-order valence-corrected chi connectivity index (χ2v) is 7.32. The number of nitrogens with zero attached hydrogens (tertiary/aromatic N) is 1. The van der Waals surface area contributed by atoms with Crippen LogP contribution in [0.2, 0.25) is 10.0 Å². The number of likely N-dealkylation sites (N-methyl/N-ethyl adjacent to an activating group) is 1. The minimum absolute atomic E-state index is 0.0934. The minimum Gasteiger partial charge on any atom is -0.484 e. The van der Waals surface area contributed by atoms with Crippen LogP contribution in [0.15, 0.2) is 54.2 Å². The summed E-state index contributed by atoms with van der Waals surface area (Å²) in [6.45, 7) is 4.14. The molecule has 3 nitrogen and oxygen atoms in total. The number of hydrogen-bond donors (Lipinski definition) is 0. The highest BCUT2D eigenvalue weighted by atomic mass is 35.5. The molecular weight excluding hydrogens is 357 g/mol. The highest BCUT2D eigenvalue weighted by molar-refractivity contribution is 6.42. The van der Waals surface area contributed by atoms with Crippen molar-refractivity contribution in [2.75, 3.05) is 18.6 Å². The maximum absolute atomic E-state index is 12.4. The number of anilines is 1. The number of carbonyl (C=O) groups excluding carboxylic acids is 1. The molecule has 1 heterocycles. The van der Waals surface area contributed by atoms with Gasteiger partial charge >= 0.3 is 0 Å². The number of halogens is 2. The normalized spacial score (nSPS) is 16.8. The number of hydrogen-bond acceptors (Lipinski definition) is 3. The summed E-state index contributed by atoms with van der Waals surface area (Å²) < 4.78 is 5.54. The van der Waals surface area contributed by atoms with Gasteiger partial charge < -0.3 is 9.64 Å². The summed E-state index contributed by atoms with van der Waals surface area (Å²) in [7, 11) is 1.97. The summed E-state index contributed by atoms with van der Waals surface area (Å²) in [6, 6.07) is 13.3. The number of rotatable bonds is 4. The maximum Gasteiger partial charge on any atom is 0.194 e. The molecule has 1 aliphatic heterocycles. The van der Waals surface area contributed by atoms with E-state index in [-0.39, 0.29) is 17.8 Å². The quantitative estimate of drug-likeness (QED) is 0.683. The van der Waals surface area contributed by atoms with Crippen LogP contribution in [0.5, 0.6) is 5.75 Å². The van der Waals surface area contributed by atoms with Crippen molar-refractivity contribution in [2.45, 2.75) is 19.3 Å². The van der Waals surface area contributed by atoms with Gasteiger partial charge in [-0.1, -0.05) is 61.3 Å². The van der Waals surface area contributed by atoms with Crippen LogP contribution >= 0.6 is 23.2 Å². The van der Waals surface area contributed by atoms with Gasteiger partial charge in [0.05, 0.1) is 5.02 Å². The van der Waals surface area contributed by atoms with Crippen LogP contribution < -0.4 is 9.64 Å². The fraction of sp³-hybridized carbons (Fsp3) is 0.250. The third-order valence-corrected chi connectivity index (χ3v) is 5.33. The summed E-state index contributed by atoms with van der Waals surface area (Å²) in [6.07, 6.45) is 1.65. The van der Waals surface area contributed by atoms with Gasteiger partial charge in [0.15, 0.2) is 12.4 Å². The second-order valence-electron chi connectivity index (χ2n) is 6.54. The fourth-order valence-corrected chi connectivity index (χ4v) is 3.54. The first-order valence-corrected chi connectivity index (χ1v) is 8.73. The Morgan fingerprint density at radius 1 is 1.16 bits per heavy atom. The van der Waals surface area contributed by atoms with Gasteiger partial charge in [0, 0.05) is 29.9 Å². The molecule has 3 rings (SSSR count). The Bertz CT molecular complexity index is 859. The lowest BCUT2D eigenvalue weighted by Gasteiger charge is -2.24. The number of ether oxygens (including phenoxy) is 1. The summed E-state index contributed by atoms with van der Waals surface area (Å²) in [5.41, 5.74) is 3.02. The van der Waals surface area contributed by atoms with Gasteiger partial charge in [-0.15, -0.1) is 0 Å². The van der Waals surface area contributed by atoms with Crippen LogP contribution in [-0.2, 0) is 10.2 Å². The van der Waals surface area contributed by atoms with Gasteiger partial charge in [0.2, 0.25) is 0 Å². The van der Waals surface area contributed by atoms with Gasteiger partial charge in [-0.25, -0.2) is 0 Å². The van der Waals surface area contributed by atoms with Crippen molar-refractivity contribution < 1.29 is 9.53 Å². The molecule has 0 saturated heterocycles. The topological polar surface area (TPSA) is 29.5 Å². The summed E-state index contributed by atoms with van der Waals surface area (Å²) in [4.78, 5) is 14.5. The monoisotopic (exact) mass is 375 g/mol. The molecule has 0 unspecified atom stereocenters. The van der Waals surface area contributed by atoms with Crippen molar-refractivity contribution in [2.24, 2.45) is 0 Å². The number of carbonyl (C=O) groups is 1. The summed E-state index contributed by atoms with van der Waals surface area (Å²) in [5, 5.41) is 0.715. The molecule has 0 N–H and O–H groups in total. The molecule has 0 fully saturated rings. The molecule has 0 bridgehead atoms. The maximum atomic E-state index is 12.4. The van der Waals surface area contributed by atoms with Crippen molar-refractivity contribution in [1.82, 2.24) is 0 Å². The van der Waals surface area contributed by atoms with Crippen molar-refractivity contribution in [3.8, 4) is 5.75 Å². The molecule has 5 heteroatoms. The highest BCUT2D eigenvalue weighted by Gasteiger charge is 2.38. The number of fused-ring (bicyclic) bond motifs is 1. The Balaban J connectivity index is 1.79. The van der Waals surface area contributed by atoms with Crippen LogP contribution in [-0.4, -0.2) is 19.4 Å². The van der Waals surface area contributed by atoms with E-state index < -0.39 is 0 Å². The van der Waals surface area contributed by atoms with Crippen molar-refractivity contribution in [3.63, 3.8) is 0 Å². The molecule has 0 aliphatic carbocycles. The molecule has 0 radical (unpaired) electrons. The van der Waals surface area contributed by atoms with Gasteiger partial charge in [-0.3, -0.25) is 4.79 Å². The van der Waals surface area contributed by atoms with Crippen LogP contribution in [0.4, 0.5) is 5.69 Å². The predicted octanol–water partition coefficient (Wildman–Crippen LogP) is 5.25. The Morgan fingerprint density at radius 3 is 2.60 bits per heavy atom. The van der Waals surface area contributed by atoms with Crippen LogP contribution in [0, 0.1) is 0 Å². The number of benzene rings is 2. The molecule has 2 aromatic carbocycles. The van der Waals surface area contributed by atoms with E-state index >= 15 is 0 Å². The lowest BCUT2D eigenvalue weighted by atomic mass is 9.83. The molecule has 2 aromatic rings. The first-order chi connectivity index (χ1) is 11.8. The van der Waals surface area contributed by atoms with Crippen LogP contribution in [0.3, 0.4) is 0 Å². The van der Waals surface area contributed by atoms with E-state index in [1.165, 1.54) is 5.56 Å². The Hall–Kier alpha value is -1.97. The van der Waals surface area contributed by atoms with Crippen LogP contribution in [0.25, 0.3) is 0 Å². The average molecular weight is 376 g/mol. The molecule has 0 atom stereocenters. The average Bonchev–Trinajstić information content (AvgIpc) is 2.78. The number of para-hydroxylation sites is 1. The van der Waals surface area contributed by atoms with Crippen molar-refractivity contribution >= 4 is 34.7 Å². The van der Waals surface area contributed by atoms with Gasteiger partial charge in [0.1, 0.15) is 10.8 Å². The third-order valence-electron chi connectivity index (χ3n) is 4.52. The molecule has 25 heavy (non-hydrogen) atoms. The molecule has 0 amide bonds. The molecular formula is C20H19Cl2NO2. The zero-order valence-electron chi connectivity index (χ0n) is 14.3.